The largest absolute Gasteiger partial charge is 0.493 e. The quantitative estimate of drug-likeness (QED) is 0.694. The van der Waals surface area contributed by atoms with Crippen molar-refractivity contribution in [2.75, 3.05) is 6.61 Å². The summed E-state index contributed by atoms with van der Waals surface area (Å²) in [6.07, 6.45) is 3.46. The van der Waals surface area contributed by atoms with Gasteiger partial charge in [0.2, 0.25) is 0 Å². The Morgan fingerprint density at radius 1 is 1.00 bits per heavy atom. The molecule has 0 aliphatic heterocycles. The molecule has 126 valence electrons. The van der Waals surface area contributed by atoms with Gasteiger partial charge in [0, 0.05) is 6.08 Å². The van der Waals surface area contributed by atoms with E-state index in [0.29, 0.717) is 18.1 Å². The van der Waals surface area contributed by atoms with Crippen molar-refractivity contribution in [2.45, 2.75) is 26.7 Å². The van der Waals surface area contributed by atoms with E-state index in [1.54, 1.807) is 0 Å². The number of carbonyl (C=O) groups is 1. The second-order valence-electron chi connectivity index (χ2n) is 5.78. The van der Waals surface area contributed by atoms with Crippen LogP contribution in [0.5, 0.6) is 5.75 Å². The third kappa shape index (κ3) is 4.98. The SMILES string of the molecule is CCC(CC)COc1ccc(C(=CC(=O)O)c2ccccc2)cc1. The minimum atomic E-state index is -0.956. The summed E-state index contributed by atoms with van der Waals surface area (Å²) in [6.45, 7) is 5.05. The lowest BCUT2D eigenvalue weighted by molar-refractivity contribution is -0.131. The lowest BCUT2D eigenvalue weighted by Gasteiger charge is -2.14. The molecule has 0 unspecified atom stereocenters. The van der Waals surface area contributed by atoms with E-state index in [1.807, 2.05) is 54.6 Å². The lowest BCUT2D eigenvalue weighted by Crippen LogP contribution is -2.10. The van der Waals surface area contributed by atoms with Crippen LogP contribution in [0, 0.1) is 5.92 Å². The van der Waals surface area contributed by atoms with E-state index < -0.39 is 5.97 Å². The van der Waals surface area contributed by atoms with Crippen LogP contribution in [-0.4, -0.2) is 17.7 Å². The summed E-state index contributed by atoms with van der Waals surface area (Å²) in [4.78, 5) is 11.2. The van der Waals surface area contributed by atoms with Gasteiger partial charge in [0.05, 0.1) is 6.61 Å². The van der Waals surface area contributed by atoms with Crippen molar-refractivity contribution in [3.05, 3.63) is 71.8 Å². The Kier molecular flexibility index (Phi) is 6.62. The van der Waals surface area contributed by atoms with E-state index in [-0.39, 0.29) is 0 Å². The first-order chi connectivity index (χ1) is 11.6. The lowest BCUT2D eigenvalue weighted by atomic mass is 9.97. The fourth-order valence-corrected chi connectivity index (χ4v) is 2.54. The zero-order valence-corrected chi connectivity index (χ0v) is 14.2. The third-order valence-corrected chi connectivity index (χ3v) is 4.16. The molecule has 0 aliphatic rings. The monoisotopic (exact) mass is 324 g/mol. The van der Waals surface area contributed by atoms with Crippen LogP contribution in [0.25, 0.3) is 5.57 Å². The molecule has 0 aromatic heterocycles. The summed E-state index contributed by atoms with van der Waals surface area (Å²) in [5, 5.41) is 9.16. The maximum atomic E-state index is 11.2. The minimum Gasteiger partial charge on any atom is -0.493 e. The van der Waals surface area contributed by atoms with Crippen molar-refractivity contribution in [2.24, 2.45) is 5.92 Å². The van der Waals surface area contributed by atoms with Gasteiger partial charge in [0.15, 0.2) is 0 Å². The molecule has 2 rings (SSSR count). The predicted molar refractivity (Wildman–Crippen MR) is 97.2 cm³/mol. The van der Waals surface area contributed by atoms with Crippen LogP contribution in [-0.2, 0) is 4.79 Å². The number of ether oxygens (including phenoxy) is 1. The summed E-state index contributed by atoms with van der Waals surface area (Å²) in [5.41, 5.74) is 2.43. The molecule has 24 heavy (non-hydrogen) atoms. The zero-order valence-electron chi connectivity index (χ0n) is 14.2. The highest BCUT2D eigenvalue weighted by Gasteiger charge is 2.08. The molecule has 0 atom stereocenters. The van der Waals surface area contributed by atoms with Crippen LogP contribution >= 0.6 is 0 Å². The molecule has 0 radical (unpaired) electrons. The summed E-state index contributed by atoms with van der Waals surface area (Å²) in [6, 6.07) is 17.1. The number of benzene rings is 2. The van der Waals surface area contributed by atoms with Gasteiger partial charge in [-0.1, -0.05) is 69.2 Å². The fourth-order valence-electron chi connectivity index (χ4n) is 2.54. The molecule has 1 N–H and O–H groups in total. The van der Waals surface area contributed by atoms with E-state index >= 15 is 0 Å². The molecular formula is C21H24O3. The van der Waals surface area contributed by atoms with Gasteiger partial charge in [-0.05, 0) is 34.8 Å². The van der Waals surface area contributed by atoms with Crippen molar-refractivity contribution >= 4 is 11.5 Å². The molecular weight excluding hydrogens is 300 g/mol. The maximum absolute atomic E-state index is 11.2. The van der Waals surface area contributed by atoms with Crippen LogP contribution in [0.15, 0.2) is 60.7 Å². The maximum Gasteiger partial charge on any atom is 0.328 e. The van der Waals surface area contributed by atoms with E-state index in [1.165, 1.54) is 6.08 Å². The smallest absolute Gasteiger partial charge is 0.328 e. The fraction of sp³-hybridized carbons (Fsp3) is 0.286. The molecule has 2 aromatic rings. The van der Waals surface area contributed by atoms with Gasteiger partial charge in [0.1, 0.15) is 5.75 Å². The Balaban J connectivity index is 2.19. The summed E-state index contributed by atoms with van der Waals surface area (Å²) >= 11 is 0. The number of rotatable bonds is 8. The average Bonchev–Trinajstić information content (AvgIpc) is 2.62. The van der Waals surface area contributed by atoms with Crippen LogP contribution in [0.1, 0.15) is 37.8 Å². The van der Waals surface area contributed by atoms with Crippen LogP contribution in [0.3, 0.4) is 0 Å². The Labute approximate surface area is 143 Å². The first-order valence-corrected chi connectivity index (χ1v) is 8.37. The highest BCUT2D eigenvalue weighted by atomic mass is 16.5. The van der Waals surface area contributed by atoms with Gasteiger partial charge in [-0.3, -0.25) is 0 Å². The first kappa shape index (κ1) is 17.8. The molecule has 0 aliphatic carbocycles. The Bertz CT molecular complexity index is 668. The molecule has 0 saturated carbocycles. The van der Waals surface area contributed by atoms with Crippen LogP contribution in [0.4, 0.5) is 0 Å². The average molecular weight is 324 g/mol. The van der Waals surface area contributed by atoms with Crippen molar-refractivity contribution in [3.63, 3.8) is 0 Å². The Morgan fingerprint density at radius 3 is 2.12 bits per heavy atom. The Hall–Kier alpha value is -2.55. The first-order valence-electron chi connectivity index (χ1n) is 8.37. The number of carboxylic acid groups (broad SMARTS) is 1. The molecule has 0 heterocycles. The normalized spacial score (nSPS) is 11.5. The van der Waals surface area contributed by atoms with E-state index in [4.69, 9.17) is 9.84 Å². The van der Waals surface area contributed by atoms with Gasteiger partial charge in [-0.25, -0.2) is 4.79 Å². The van der Waals surface area contributed by atoms with E-state index in [9.17, 15) is 4.79 Å². The second kappa shape index (κ2) is 8.92. The summed E-state index contributed by atoms with van der Waals surface area (Å²) < 4.78 is 5.84. The van der Waals surface area contributed by atoms with Crippen LogP contribution < -0.4 is 4.74 Å². The van der Waals surface area contributed by atoms with Gasteiger partial charge < -0.3 is 9.84 Å². The molecule has 0 amide bonds. The molecule has 0 saturated heterocycles. The van der Waals surface area contributed by atoms with Gasteiger partial charge in [-0.2, -0.15) is 0 Å². The van der Waals surface area contributed by atoms with Crippen molar-refractivity contribution in [1.29, 1.82) is 0 Å². The van der Waals surface area contributed by atoms with E-state index in [2.05, 4.69) is 13.8 Å². The molecule has 2 aromatic carbocycles. The topological polar surface area (TPSA) is 46.5 Å². The van der Waals surface area contributed by atoms with Crippen LogP contribution in [0.2, 0.25) is 0 Å². The minimum absolute atomic E-state index is 0.566. The number of carboxylic acids is 1. The molecule has 3 nitrogen and oxygen atoms in total. The van der Waals surface area contributed by atoms with Gasteiger partial charge in [0.25, 0.3) is 0 Å². The summed E-state index contributed by atoms with van der Waals surface area (Å²) in [5.74, 6) is 0.424. The predicted octanol–water partition coefficient (Wildman–Crippen LogP) is 5.02. The van der Waals surface area contributed by atoms with Crippen molar-refractivity contribution in [3.8, 4) is 5.75 Å². The number of hydrogen-bond donors (Lipinski definition) is 1. The standard InChI is InChI=1S/C21H24O3/c1-3-16(4-2)15-24-19-12-10-18(11-13-19)20(14-21(22)23)17-8-6-5-7-9-17/h5-14,16H,3-4,15H2,1-2H3,(H,22,23). The number of hydrogen-bond acceptors (Lipinski definition) is 2. The second-order valence-corrected chi connectivity index (χ2v) is 5.78. The Morgan fingerprint density at radius 2 is 1.58 bits per heavy atom. The summed E-state index contributed by atoms with van der Waals surface area (Å²) in [7, 11) is 0. The highest BCUT2D eigenvalue weighted by Crippen LogP contribution is 2.25. The van der Waals surface area contributed by atoms with Gasteiger partial charge in [-0.15, -0.1) is 0 Å². The van der Waals surface area contributed by atoms with Crippen molar-refractivity contribution < 1.29 is 14.6 Å². The third-order valence-electron chi connectivity index (χ3n) is 4.16. The molecule has 0 bridgehead atoms. The highest BCUT2D eigenvalue weighted by molar-refractivity contribution is 5.95. The molecule has 0 spiro atoms. The van der Waals surface area contributed by atoms with Crippen molar-refractivity contribution in [1.82, 2.24) is 0 Å². The zero-order chi connectivity index (χ0) is 17.4. The van der Waals surface area contributed by atoms with E-state index in [0.717, 1.165) is 29.7 Å². The number of aliphatic carboxylic acids is 1. The molecule has 3 heteroatoms. The van der Waals surface area contributed by atoms with Gasteiger partial charge >= 0.3 is 5.97 Å². The molecule has 0 fully saturated rings.